The Morgan fingerprint density at radius 3 is 2.35 bits per heavy atom. The van der Waals surface area contributed by atoms with Crippen molar-refractivity contribution in [2.45, 2.75) is 13.0 Å². The molecule has 5 rings (SSSR count). The molecule has 6 nitrogen and oxygen atoms in total. The number of fused-ring (bicyclic) bond motifs is 1. The van der Waals surface area contributed by atoms with Gasteiger partial charge in [0.25, 0.3) is 5.56 Å². The molecule has 0 fully saturated rings. The minimum Gasteiger partial charge on any atom is -0.487 e. The van der Waals surface area contributed by atoms with Gasteiger partial charge in [-0.3, -0.25) is 9.36 Å². The quantitative estimate of drug-likeness (QED) is 0.169. The van der Waals surface area contributed by atoms with Gasteiger partial charge in [-0.25, -0.2) is 9.79 Å². The number of carbonyl (C=O) groups excluding carboxylic acids is 1. The van der Waals surface area contributed by atoms with Gasteiger partial charge in [-0.1, -0.05) is 84.7 Å². The SMILES string of the molecule is C=CCOc1c(Br)cc(/C=c2\sc3n(c2=O)[C@H](c2ccccc2)C(C(=O)OCC)=C(c2ccccc2)N=3)cc1Br. The van der Waals surface area contributed by atoms with Gasteiger partial charge in [0.1, 0.15) is 12.4 Å². The highest BCUT2D eigenvalue weighted by Crippen LogP contribution is 2.36. The summed E-state index contributed by atoms with van der Waals surface area (Å²) in [5.74, 6) is 0.144. The van der Waals surface area contributed by atoms with E-state index in [0.717, 1.165) is 25.6 Å². The van der Waals surface area contributed by atoms with Gasteiger partial charge in [-0.2, -0.15) is 0 Å². The van der Waals surface area contributed by atoms with E-state index < -0.39 is 12.0 Å². The van der Waals surface area contributed by atoms with Crippen LogP contribution in [0.15, 0.2) is 110 Å². The summed E-state index contributed by atoms with van der Waals surface area (Å²) in [5.41, 5.74) is 2.93. The predicted molar refractivity (Wildman–Crippen MR) is 165 cm³/mol. The van der Waals surface area contributed by atoms with Crippen LogP contribution in [0.4, 0.5) is 0 Å². The van der Waals surface area contributed by atoms with E-state index in [4.69, 9.17) is 14.5 Å². The molecule has 1 aromatic heterocycles. The van der Waals surface area contributed by atoms with Crippen LogP contribution >= 0.6 is 43.2 Å². The van der Waals surface area contributed by atoms with E-state index in [1.54, 1.807) is 17.6 Å². The molecule has 0 saturated carbocycles. The van der Waals surface area contributed by atoms with Gasteiger partial charge in [0.05, 0.1) is 37.4 Å². The second kappa shape index (κ2) is 12.3. The Hall–Kier alpha value is -3.53. The summed E-state index contributed by atoms with van der Waals surface area (Å²) in [6.07, 6.45) is 3.49. The Bertz CT molecular complexity index is 1770. The van der Waals surface area contributed by atoms with Crippen LogP contribution in [0, 0.1) is 0 Å². The van der Waals surface area contributed by atoms with E-state index in [9.17, 15) is 9.59 Å². The van der Waals surface area contributed by atoms with Crippen LogP contribution in [0.2, 0.25) is 0 Å². The van der Waals surface area contributed by atoms with Crippen molar-refractivity contribution in [1.82, 2.24) is 4.57 Å². The molecule has 0 unspecified atom stereocenters. The smallest absolute Gasteiger partial charge is 0.338 e. The summed E-state index contributed by atoms with van der Waals surface area (Å²) in [5, 5.41) is 0. The summed E-state index contributed by atoms with van der Waals surface area (Å²) in [7, 11) is 0. The molecular weight excluding hydrogens is 656 g/mol. The van der Waals surface area contributed by atoms with Crippen molar-refractivity contribution in [2.75, 3.05) is 13.2 Å². The molecule has 0 aliphatic carbocycles. The minimum absolute atomic E-state index is 0.201. The first-order valence-corrected chi connectivity index (χ1v) is 14.9. The number of ether oxygens (including phenoxy) is 2. The van der Waals surface area contributed by atoms with E-state index in [1.165, 1.54) is 11.3 Å². The van der Waals surface area contributed by atoms with Gasteiger partial charge in [-0.15, -0.1) is 0 Å². The van der Waals surface area contributed by atoms with E-state index in [2.05, 4.69) is 38.4 Å². The first-order valence-electron chi connectivity index (χ1n) is 12.5. The lowest BCUT2D eigenvalue weighted by Gasteiger charge is -2.25. The molecule has 1 atom stereocenters. The molecule has 40 heavy (non-hydrogen) atoms. The number of carbonyl (C=O) groups is 1. The van der Waals surface area contributed by atoms with E-state index in [-0.39, 0.29) is 12.2 Å². The van der Waals surface area contributed by atoms with Gasteiger partial charge in [-0.05, 0) is 68.1 Å². The lowest BCUT2D eigenvalue weighted by molar-refractivity contribution is -0.138. The maximum atomic E-state index is 14.0. The lowest BCUT2D eigenvalue weighted by atomic mass is 9.93. The number of thiazole rings is 1. The van der Waals surface area contributed by atoms with Crippen LogP contribution in [0.3, 0.4) is 0 Å². The van der Waals surface area contributed by atoms with Crippen molar-refractivity contribution in [2.24, 2.45) is 4.99 Å². The number of esters is 1. The summed E-state index contributed by atoms with van der Waals surface area (Å²) >= 11 is 8.40. The molecule has 0 N–H and O–H groups in total. The van der Waals surface area contributed by atoms with E-state index in [1.807, 2.05) is 78.9 Å². The lowest BCUT2D eigenvalue weighted by Crippen LogP contribution is -2.39. The molecule has 0 bridgehead atoms. The number of hydrogen-bond donors (Lipinski definition) is 0. The Morgan fingerprint density at radius 1 is 1.07 bits per heavy atom. The second-order valence-corrected chi connectivity index (χ2v) is 11.5. The molecule has 0 radical (unpaired) electrons. The van der Waals surface area contributed by atoms with Crippen molar-refractivity contribution in [1.29, 1.82) is 0 Å². The topological polar surface area (TPSA) is 69.9 Å². The fourth-order valence-corrected chi connectivity index (χ4v) is 6.94. The molecule has 1 aliphatic heterocycles. The summed E-state index contributed by atoms with van der Waals surface area (Å²) in [6.45, 7) is 6.01. The van der Waals surface area contributed by atoms with Gasteiger partial charge in [0.2, 0.25) is 0 Å². The Morgan fingerprint density at radius 2 is 1.73 bits per heavy atom. The molecule has 2 heterocycles. The zero-order valence-electron chi connectivity index (χ0n) is 21.5. The summed E-state index contributed by atoms with van der Waals surface area (Å²) in [4.78, 5) is 32.9. The number of nitrogens with zero attached hydrogens (tertiary/aromatic N) is 2. The molecule has 0 spiro atoms. The summed E-state index contributed by atoms with van der Waals surface area (Å²) < 4.78 is 14.8. The minimum atomic E-state index is -0.706. The average molecular weight is 680 g/mol. The molecule has 1 aliphatic rings. The molecule has 3 aromatic carbocycles. The van der Waals surface area contributed by atoms with Crippen LogP contribution < -0.4 is 19.6 Å². The van der Waals surface area contributed by atoms with Crippen molar-refractivity contribution < 1.29 is 14.3 Å². The predicted octanol–water partition coefficient (Wildman–Crippen LogP) is 6.03. The normalized spacial score (nSPS) is 14.9. The first-order chi connectivity index (χ1) is 19.4. The molecule has 0 amide bonds. The number of hydrogen-bond acceptors (Lipinski definition) is 6. The Kier molecular flexibility index (Phi) is 8.63. The highest BCUT2D eigenvalue weighted by molar-refractivity contribution is 9.11. The Labute approximate surface area is 251 Å². The van der Waals surface area contributed by atoms with Gasteiger partial charge >= 0.3 is 5.97 Å². The monoisotopic (exact) mass is 678 g/mol. The molecule has 9 heteroatoms. The molecule has 4 aromatic rings. The van der Waals surface area contributed by atoms with E-state index >= 15 is 0 Å². The van der Waals surface area contributed by atoms with Crippen LogP contribution in [-0.2, 0) is 9.53 Å². The number of rotatable bonds is 8. The standard InChI is InChI=1S/C31H24Br2N2O4S/c1-3-15-39-28-22(32)16-19(17-23(28)33)18-24-29(36)35-27(21-13-9-6-10-14-21)25(30(37)38-4-2)26(34-31(35)40-24)20-11-7-5-8-12-20/h3,5-14,16-18,27H,1,4,15H2,2H3/b24-18-/t27-/m1/s1. The maximum Gasteiger partial charge on any atom is 0.338 e. The zero-order valence-corrected chi connectivity index (χ0v) is 25.5. The van der Waals surface area contributed by atoms with Crippen molar-refractivity contribution in [3.63, 3.8) is 0 Å². The molecular formula is C31H24Br2N2O4S. The highest BCUT2D eigenvalue weighted by atomic mass is 79.9. The van der Waals surface area contributed by atoms with Crippen LogP contribution in [0.1, 0.15) is 29.7 Å². The maximum absolute atomic E-state index is 14.0. The number of aromatic nitrogens is 1. The van der Waals surface area contributed by atoms with Crippen LogP contribution in [0.25, 0.3) is 11.8 Å². The fourth-order valence-electron chi connectivity index (χ4n) is 4.49. The third-order valence-electron chi connectivity index (χ3n) is 6.15. The Balaban J connectivity index is 1.75. The molecule has 0 saturated heterocycles. The first kappa shape index (κ1) is 28.0. The molecule has 202 valence electrons. The van der Waals surface area contributed by atoms with E-state index in [0.29, 0.717) is 33.0 Å². The van der Waals surface area contributed by atoms with Crippen molar-refractivity contribution in [3.8, 4) is 5.75 Å². The highest BCUT2D eigenvalue weighted by Gasteiger charge is 2.35. The third kappa shape index (κ3) is 5.54. The largest absolute Gasteiger partial charge is 0.487 e. The third-order valence-corrected chi connectivity index (χ3v) is 8.31. The van der Waals surface area contributed by atoms with Crippen molar-refractivity contribution in [3.05, 3.63) is 136 Å². The summed E-state index contributed by atoms with van der Waals surface area (Å²) in [6, 6.07) is 22.1. The van der Waals surface area contributed by atoms with Crippen LogP contribution in [-0.4, -0.2) is 23.8 Å². The second-order valence-electron chi connectivity index (χ2n) is 8.76. The van der Waals surface area contributed by atoms with Crippen LogP contribution in [0.5, 0.6) is 5.75 Å². The average Bonchev–Trinajstić information content (AvgIpc) is 3.27. The fraction of sp³-hybridized carbons (Fsp3) is 0.129. The number of halogens is 2. The van der Waals surface area contributed by atoms with Gasteiger partial charge < -0.3 is 9.47 Å². The van der Waals surface area contributed by atoms with Gasteiger partial charge in [0, 0.05) is 5.56 Å². The zero-order chi connectivity index (χ0) is 28.2. The van der Waals surface area contributed by atoms with Crippen molar-refractivity contribution >= 4 is 60.9 Å². The number of benzene rings is 3. The van der Waals surface area contributed by atoms with Gasteiger partial charge in [0.15, 0.2) is 4.80 Å².